The molecule has 0 radical (unpaired) electrons. The summed E-state index contributed by atoms with van der Waals surface area (Å²) in [6, 6.07) is 31.6. The van der Waals surface area contributed by atoms with Crippen molar-refractivity contribution in [2.45, 2.75) is 56.0 Å². The summed E-state index contributed by atoms with van der Waals surface area (Å²) in [5.41, 5.74) is 13.3. The third-order valence-electron chi connectivity index (χ3n) is 11.0. The monoisotopic (exact) mass is 576 g/mol. The van der Waals surface area contributed by atoms with Crippen LogP contribution in [0, 0.1) is 11.3 Å². The van der Waals surface area contributed by atoms with Crippen LogP contribution in [0.1, 0.15) is 45.1 Å². The van der Waals surface area contributed by atoms with E-state index >= 15 is 0 Å². The van der Waals surface area contributed by atoms with E-state index in [4.69, 9.17) is 0 Å². The minimum absolute atomic E-state index is 0.0765. The van der Waals surface area contributed by atoms with Gasteiger partial charge in [0.05, 0.1) is 5.37 Å². The molecular weight excluding hydrogens is 539 g/mol. The van der Waals surface area contributed by atoms with Crippen molar-refractivity contribution < 1.29 is 0 Å². The standard InChI is InChI=1S/C39H37BN2S/c1-39(2)29(26-15-6-3-7-16-26)25-34-35(39)37-38(43-34)42(28-19-10-5-11-20-28)33-24-14-23-32-36(33)40(37)30-21-12-13-22-31(30)41(32)27-17-8-4-9-18-27/h3-10,12-13,15-19,21-22,24-25,34-35,37-38H,11,14,20,23H2,1-2H3. The van der Waals surface area contributed by atoms with Crippen LogP contribution in [-0.2, 0) is 0 Å². The average molecular weight is 577 g/mol. The lowest BCUT2D eigenvalue weighted by Crippen LogP contribution is -2.58. The maximum absolute atomic E-state index is 2.82. The van der Waals surface area contributed by atoms with Gasteiger partial charge in [-0.25, -0.2) is 0 Å². The van der Waals surface area contributed by atoms with Crippen molar-refractivity contribution in [1.29, 1.82) is 0 Å². The van der Waals surface area contributed by atoms with E-state index in [1.807, 2.05) is 0 Å². The van der Waals surface area contributed by atoms with E-state index in [1.165, 1.54) is 45.1 Å². The summed E-state index contributed by atoms with van der Waals surface area (Å²) in [6.45, 7) is 5.47. The van der Waals surface area contributed by atoms with E-state index < -0.39 is 0 Å². The maximum Gasteiger partial charge on any atom is 0.223 e. The van der Waals surface area contributed by atoms with Gasteiger partial charge >= 0.3 is 0 Å². The van der Waals surface area contributed by atoms with Gasteiger partial charge in [0.2, 0.25) is 6.71 Å². The number of allylic oxidation sites excluding steroid dienone is 8. The minimum Gasteiger partial charge on any atom is -0.334 e. The van der Waals surface area contributed by atoms with Gasteiger partial charge in [0.25, 0.3) is 0 Å². The van der Waals surface area contributed by atoms with Gasteiger partial charge in [-0.15, -0.1) is 11.8 Å². The highest BCUT2D eigenvalue weighted by atomic mass is 32.2. The molecule has 0 bridgehead atoms. The third kappa shape index (κ3) is 3.69. The molecule has 4 unspecified atom stereocenters. The SMILES string of the molecule is CC1(C)C(c2ccccc2)=CC2SC3C(B4C5=C(CCC=C5N3C3=CC=CCC3)N(c3ccccc3)c3ccccc34)C21. The number of nitrogens with zero attached hydrogens (tertiary/aromatic N) is 2. The minimum atomic E-state index is 0.0765. The van der Waals surface area contributed by atoms with Crippen LogP contribution >= 0.6 is 11.8 Å². The molecule has 3 aromatic carbocycles. The van der Waals surface area contributed by atoms with E-state index in [-0.39, 0.29) is 5.41 Å². The Labute approximate surface area is 260 Å². The fourth-order valence-electron chi connectivity index (χ4n) is 9.33. The van der Waals surface area contributed by atoms with Gasteiger partial charge in [0.15, 0.2) is 0 Å². The van der Waals surface area contributed by atoms with Crippen LogP contribution in [0.15, 0.2) is 138 Å². The van der Waals surface area contributed by atoms with Crippen molar-refractivity contribution in [2.24, 2.45) is 11.3 Å². The predicted molar refractivity (Wildman–Crippen MR) is 184 cm³/mol. The molecule has 0 spiro atoms. The van der Waals surface area contributed by atoms with Crippen molar-refractivity contribution >= 4 is 40.9 Å². The molecule has 43 heavy (non-hydrogen) atoms. The van der Waals surface area contributed by atoms with Crippen LogP contribution in [0.4, 0.5) is 11.4 Å². The Kier molecular flexibility index (Phi) is 5.82. The van der Waals surface area contributed by atoms with Gasteiger partial charge in [-0.1, -0.05) is 110 Å². The molecule has 3 aliphatic heterocycles. The predicted octanol–water partition coefficient (Wildman–Crippen LogP) is 9.11. The third-order valence-corrected chi connectivity index (χ3v) is 12.5. The van der Waals surface area contributed by atoms with Crippen molar-refractivity contribution in [3.63, 3.8) is 0 Å². The first-order valence-electron chi connectivity index (χ1n) is 16.1. The first-order valence-corrected chi connectivity index (χ1v) is 17.0. The van der Waals surface area contributed by atoms with Crippen molar-refractivity contribution in [1.82, 2.24) is 4.90 Å². The highest BCUT2D eigenvalue weighted by molar-refractivity contribution is 8.01. The number of rotatable bonds is 3. The summed E-state index contributed by atoms with van der Waals surface area (Å²) in [7, 11) is 0. The molecule has 2 saturated heterocycles. The van der Waals surface area contributed by atoms with Crippen LogP contribution in [-0.4, -0.2) is 22.2 Å². The van der Waals surface area contributed by atoms with Crippen molar-refractivity contribution in [3.05, 3.63) is 143 Å². The fourth-order valence-corrected chi connectivity index (χ4v) is 11.4. The number of anilines is 2. The Bertz CT molecular complexity index is 1760. The Morgan fingerprint density at radius 3 is 2.42 bits per heavy atom. The van der Waals surface area contributed by atoms with Crippen LogP contribution < -0.4 is 10.4 Å². The van der Waals surface area contributed by atoms with Gasteiger partial charge < -0.3 is 9.80 Å². The largest absolute Gasteiger partial charge is 0.334 e. The number of fused-ring (bicyclic) bond motifs is 6. The molecule has 3 heterocycles. The number of thioether (sulfide) groups is 1. The highest BCUT2D eigenvalue weighted by Gasteiger charge is 2.64. The van der Waals surface area contributed by atoms with E-state index in [0.29, 0.717) is 29.1 Å². The number of hydrogen-bond donors (Lipinski definition) is 0. The topological polar surface area (TPSA) is 6.48 Å². The van der Waals surface area contributed by atoms with Gasteiger partial charge in [-0.3, -0.25) is 0 Å². The second-order valence-corrected chi connectivity index (χ2v) is 14.8. The lowest BCUT2D eigenvalue weighted by molar-refractivity contribution is 0.265. The average Bonchev–Trinajstić information content (AvgIpc) is 3.56. The van der Waals surface area contributed by atoms with Crippen molar-refractivity contribution in [3.8, 4) is 0 Å². The van der Waals surface area contributed by atoms with Gasteiger partial charge in [0.1, 0.15) is 0 Å². The molecule has 4 heteroatoms. The van der Waals surface area contributed by atoms with Gasteiger partial charge in [-0.05, 0) is 83.7 Å². The molecule has 6 aliphatic rings. The lowest BCUT2D eigenvalue weighted by Gasteiger charge is -2.54. The molecule has 2 nitrogen and oxygen atoms in total. The zero-order chi connectivity index (χ0) is 28.7. The second-order valence-electron chi connectivity index (χ2n) is 13.5. The molecule has 4 atom stereocenters. The quantitative estimate of drug-likeness (QED) is 0.287. The normalized spacial score (nSPS) is 28.0. The zero-order valence-electron chi connectivity index (χ0n) is 25.0. The molecule has 0 aromatic heterocycles. The van der Waals surface area contributed by atoms with Gasteiger partial charge in [0, 0.05) is 33.7 Å². The molecule has 0 amide bonds. The summed E-state index contributed by atoms with van der Waals surface area (Å²) in [6.07, 6.45) is 16.7. The molecule has 3 aliphatic carbocycles. The van der Waals surface area contributed by atoms with Crippen molar-refractivity contribution in [2.75, 3.05) is 4.90 Å². The summed E-state index contributed by atoms with van der Waals surface area (Å²) in [5, 5.41) is 0.933. The van der Waals surface area contributed by atoms with E-state index in [0.717, 1.165) is 25.7 Å². The second kappa shape index (κ2) is 9.69. The fraction of sp³-hybridized carbons (Fsp3) is 0.282. The number of benzene rings is 3. The Morgan fingerprint density at radius 1 is 0.860 bits per heavy atom. The summed E-state index contributed by atoms with van der Waals surface area (Å²) in [5.74, 6) is 1.06. The Morgan fingerprint density at radius 2 is 1.63 bits per heavy atom. The Balaban J connectivity index is 1.28. The molecular formula is C39H37BN2S. The number of hydrogen-bond acceptors (Lipinski definition) is 3. The Hall–Kier alpha value is -3.63. The van der Waals surface area contributed by atoms with E-state index in [2.05, 4.69) is 151 Å². The molecule has 9 rings (SSSR count). The molecule has 0 saturated carbocycles. The zero-order valence-corrected chi connectivity index (χ0v) is 25.8. The van der Waals surface area contributed by atoms with Gasteiger partial charge in [-0.2, -0.15) is 0 Å². The first-order chi connectivity index (χ1) is 21.1. The van der Waals surface area contributed by atoms with Crippen LogP contribution in [0.5, 0.6) is 0 Å². The number of para-hydroxylation sites is 2. The molecule has 2 fully saturated rings. The summed E-state index contributed by atoms with van der Waals surface area (Å²) >= 11 is 2.25. The summed E-state index contributed by atoms with van der Waals surface area (Å²) in [4.78, 5) is 5.43. The van der Waals surface area contributed by atoms with Crippen LogP contribution in [0.2, 0.25) is 5.82 Å². The molecule has 3 aromatic rings. The highest BCUT2D eigenvalue weighted by Crippen LogP contribution is 2.68. The van der Waals surface area contributed by atoms with Crippen LogP contribution in [0.3, 0.4) is 0 Å². The first kappa shape index (κ1) is 25.8. The van der Waals surface area contributed by atoms with Crippen LogP contribution in [0.25, 0.3) is 5.57 Å². The molecule has 0 N–H and O–H groups in total. The van der Waals surface area contributed by atoms with E-state index in [1.54, 1.807) is 5.47 Å². The lowest BCUT2D eigenvalue weighted by atomic mass is 9.26. The smallest absolute Gasteiger partial charge is 0.223 e. The molecule has 212 valence electrons. The summed E-state index contributed by atoms with van der Waals surface area (Å²) < 4.78 is 0. The van der Waals surface area contributed by atoms with E-state index in [9.17, 15) is 0 Å². The maximum atomic E-state index is 2.82.